The number of nitrogens with two attached hydrogens (primary N) is 1. The summed E-state index contributed by atoms with van der Waals surface area (Å²) in [7, 11) is -0.783. The lowest BCUT2D eigenvalue weighted by molar-refractivity contribution is 0.684. The van der Waals surface area contributed by atoms with E-state index < -0.39 is 10.8 Å². The molecule has 4 nitrogen and oxygen atoms in total. The van der Waals surface area contributed by atoms with Crippen LogP contribution in [0.4, 0.5) is 5.82 Å². The molecule has 0 aliphatic carbocycles. The fourth-order valence-corrected chi connectivity index (χ4v) is 2.69. The number of anilines is 1. The Morgan fingerprint density at radius 2 is 2.20 bits per heavy atom. The lowest BCUT2D eigenvalue weighted by Crippen LogP contribution is -2.15. The molecule has 0 radical (unpaired) electrons. The van der Waals surface area contributed by atoms with E-state index in [1.54, 1.807) is 0 Å². The van der Waals surface area contributed by atoms with Gasteiger partial charge in [0.2, 0.25) is 0 Å². The first-order valence-corrected chi connectivity index (χ1v) is 8.30. The molecule has 0 bridgehead atoms. The molecule has 20 heavy (non-hydrogen) atoms. The van der Waals surface area contributed by atoms with Gasteiger partial charge in [-0.25, -0.2) is 4.98 Å². The van der Waals surface area contributed by atoms with Crippen molar-refractivity contribution < 1.29 is 4.21 Å². The van der Waals surface area contributed by atoms with Crippen LogP contribution in [0.15, 0.2) is 30.3 Å². The number of para-hydroxylation sites is 1. The van der Waals surface area contributed by atoms with Crippen molar-refractivity contribution in [2.45, 2.75) is 6.92 Å². The van der Waals surface area contributed by atoms with Crippen LogP contribution >= 0.6 is 12.2 Å². The van der Waals surface area contributed by atoms with Crippen molar-refractivity contribution in [3.8, 4) is 0 Å². The van der Waals surface area contributed by atoms with E-state index in [1.807, 2.05) is 37.3 Å². The number of pyridine rings is 1. The van der Waals surface area contributed by atoms with Gasteiger partial charge < -0.3 is 11.1 Å². The van der Waals surface area contributed by atoms with Gasteiger partial charge in [-0.1, -0.05) is 37.3 Å². The number of aromatic nitrogens is 1. The fraction of sp³-hybridized carbons (Fsp3) is 0.286. The van der Waals surface area contributed by atoms with Gasteiger partial charge in [0.15, 0.2) is 0 Å². The van der Waals surface area contributed by atoms with Crippen LogP contribution in [0.3, 0.4) is 0 Å². The van der Waals surface area contributed by atoms with Gasteiger partial charge in [-0.3, -0.25) is 4.21 Å². The minimum Gasteiger partial charge on any atom is -0.389 e. The zero-order valence-electron chi connectivity index (χ0n) is 11.3. The smallest absolute Gasteiger partial charge is 0.127 e. The third-order valence-electron chi connectivity index (χ3n) is 2.94. The molecule has 106 valence electrons. The SMILES string of the molecule is CCS(=O)CCNc1cc(C(N)=S)c2ccccc2n1. The van der Waals surface area contributed by atoms with E-state index >= 15 is 0 Å². The molecule has 2 rings (SSSR count). The van der Waals surface area contributed by atoms with E-state index in [0.29, 0.717) is 28.9 Å². The number of hydrogen-bond donors (Lipinski definition) is 2. The monoisotopic (exact) mass is 307 g/mol. The molecule has 0 spiro atoms. The molecule has 1 unspecified atom stereocenters. The standard InChI is InChI=1S/C14H17N3OS2/c1-2-20(18)8-7-16-13-9-11(14(15)19)10-5-3-4-6-12(10)17-13/h3-6,9H,2,7-8H2,1H3,(H2,15,19)(H,16,17). The highest BCUT2D eigenvalue weighted by Gasteiger charge is 2.07. The summed E-state index contributed by atoms with van der Waals surface area (Å²) in [4.78, 5) is 4.87. The van der Waals surface area contributed by atoms with Crippen molar-refractivity contribution in [3.05, 3.63) is 35.9 Å². The minimum absolute atomic E-state index is 0.351. The summed E-state index contributed by atoms with van der Waals surface area (Å²) >= 11 is 5.10. The van der Waals surface area contributed by atoms with Crippen molar-refractivity contribution in [1.82, 2.24) is 4.98 Å². The number of fused-ring (bicyclic) bond motifs is 1. The molecule has 2 aromatic rings. The van der Waals surface area contributed by atoms with Crippen molar-refractivity contribution in [3.63, 3.8) is 0 Å². The van der Waals surface area contributed by atoms with Crippen molar-refractivity contribution in [1.29, 1.82) is 0 Å². The molecular weight excluding hydrogens is 290 g/mol. The molecular formula is C14H17N3OS2. The molecule has 3 N–H and O–H groups in total. The maximum atomic E-state index is 11.4. The van der Waals surface area contributed by atoms with Crippen molar-refractivity contribution in [2.75, 3.05) is 23.4 Å². The van der Waals surface area contributed by atoms with Crippen LogP contribution in [0.5, 0.6) is 0 Å². The topological polar surface area (TPSA) is 68.0 Å². The Labute approximate surface area is 126 Å². The van der Waals surface area contributed by atoms with Gasteiger partial charge in [0.25, 0.3) is 0 Å². The van der Waals surface area contributed by atoms with Crippen LogP contribution in [0.1, 0.15) is 12.5 Å². The molecule has 1 atom stereocenters. The molecule has 1 aromatic carbocycles. The van der Waals surface area contributed by atoms with Crippen molar-refractivity contribution in [2.24, 2.45) is 5.73 Å². The number of benzene rings is 1. The summed E-state index contributed by atoms with van der Waals surface area (Å²) in [6, 6.07) is 9.58. The van der Waals surface area contributed by atoms with E-state index in [0.717, 1.165) is 16.5 Å². The Morgan fingerprint density at radius 3 is 2.90 bits per heavy atom. The van der Waals surface area contributed by atoms with Gasteiger partial charge in [-0.15, -0.1) is 0 Å². The van der Waals surface area contributed by atoms with Crippen molar-refractivity contribution >= 4 is 44.7 Å². The van der Waals surface area contributed by atoms with Gasteiger partial charge >= 0.3 is 0 Å². The molecule has 0 saturated carbocycles. The Bertz CT molecular complexity index is 658. The van der Waals surface area contributed by atoms with Gasteiger partial charge in [-0.2, -0.15) is 0 Å². The zero-order valence-corrected chi connectivity index (χ0v) is 12.9. The Morgan fingerprint density at radius 1 is 1.45 bits per heavy atom. The predicted octanol–water partition coefficient (Wildman–Crippen LogP) is 2.05. The number of hydrogen-bond acceptors (Lipinski definition) is 4. The Balaban J connectivity index is 2.26. The van der Waals surface area contributed by atoms with Gasteiger partial charge in [0.05, 0.1) is 5.52 Å². The average Bonchev–Trinajstić information content (AvgIpc) is 2.46. The number of thiocarbonyl (C=S) groups is 1. The molecule has 0 amide bonds. The first kappa shape index (κ1) is 14.9. The molecule has 0 aliphatic heterocycles. The normalized spacial score (nSPS) is 12.2. The summed E-state index contributed by atoms with van der Waals surface area (Å²) in [6.07, 6.45) is 0. The van der Waals surface area contributed by atoms with E-state index in [9.17, 15) is 4.21 Å². The lowest BCUT2D eigenvalue weighted by atomic mass is 10.1. The van der Waals surface area contributed by atoms with Crippen LogP contribution in [0.2, 0.25) is 0 Å². The Hall–Kier alpha value is -1.53. The molecule has 6 heteroatoms. The molecule has 1 heterocycles. The van der Waals surface area contributed by atoms with Crippen LogP contribution in [-0.2, 0) is 10.8 Å². The number of nitrogens with one attached hydrogen (secondary N) is 1. The fourth-order valence-electron chi connectivity index (χ4n) is 1.91. The summed E-state index contributed by atoms with van der Waals surface area (Å²) in [5, 5.41) is 4.12. The van der Waals surface area contributed by atoms with Crippen LogP contribution in [-0.4, -0.2) is 32.2 Å². The average molecular weight is 307 g/mol. The van der Waals surface area contributed by atoms with Crippen LogP contribution < -0.4 is 11.1 Å². The summed E-state index contributed by atoms with van der Waals surface area (Å²) in [5.74, 6) is 1.98. The Kier molecular flexibility index (Phi) is 5.03. The summed E-state index contributed by atoms with van der Waals surface area (Å²) < 4.78 is 11.4. The lowest BCUT2D eigenvalue weighted by Gasteiger charge is -2.10. The quantitative estimate of drug-likeness (QED) is 0.800. The largest absolute Gasteiger partial charge is 0.389 e. The number of nitrogens with zero attached hydrogens (tertiary/aromatic N) is 1. The molecule has 1 aromatic heterocycles. The highest BCUT2D eigenvalue weighted by atomic mass is 32.2. The third kappa shape index (κ3) is 3.52. The maximum absolute atomic E-state index is 11.4. The van der Waals surface area contributed by atoms with E-state index in [1.165, 1.54) is 0 Å². The first-order chi connectivity index (χ1) is 9.61. The molecule has 0 fully saturated rings. The first-order valence-electron chi connectivity index (χ1n) is 6.40. The van der Waals surface area contributed by atoms with Crippen LogP contribution in [0.25, 0.3) is 10.9 Å². The van der Waals surface area contributed by atoms with Gasteiger partial charge in [0.1, 0.15) is 10.8 Å². The molecule has 0 aliphatic rings. The van der Waals surface area contributed by atoms with E-state index in [2.05, 4.69) is 10.3 Å². The zero-order chi connectivity index (χ0) is 14.5. The molecule has 0 saturated heterocycles. The highest BCUT2D eigenvalue weighted by Crippen LogP contribution is 2.20. The second-order valence-electron chi connectivity index (χ2n) is 4.30. The number of rotatable bonds is 6. The summed E-state index contributed by atoms with van der Waals surface area (Å²) in [6.45, 7) is 2.53. The minimum atomic E-state index is -0.783. The van der Waals surface area contributed by atoms with Gasteiger partial charge in [0, 0.05) is 39.8 Å². The second kappa shape index (κ2) is 6.76. The third-order valence-corrected chi connectivity index (χ3v) is 4.46. The maximum Gasteiger partial charge on any atom is 0.127 e. The van der Waals surface area contributed by atoms with Gasteiger partial charge in [-0.05, 0) is 12.1 Å². The predicted molar refractivity (Wildman–Crippen MR) is 89.7 cm³/mol. The second-order valence-corrected chi connectivity index (χ2v) is 6.60. The summed E-state index contributed by atoms with van der Waals surface area (Å²) in [5.41, 5.74) is 7.43. The van der Waals surface area contributed by atoms with E-state index in [4.69, 9.17) is 18.0 Å². The van der Waals surface area contributed by atoms with E-state index in [-0.39, 0.29) is 0 Å². The highest BCUT2D eigenvalue weighted by molar-refractivity contribution is 7.84. The van der Waals surface area contributed by atoms with Crippen LogP contribution in [0, 0.1) is 0 Å².